The van der Waals surface area contributed by atoms with Crippen LogP contribution in [0.1, 0.15) is 22.7 Å². The Morgan fingerprint density at radius 2 is 1.10 bits per heavy atom. The summed E-state index contributed by atoms with van der Waals surface area (Å²) in [6.07, 6.45) is 0. The Morgan fingerprint density at radius 3 is 1.63 bits per heavy atom. The number of hydrogen-bond acceptors (Lipinski definition) is 2. The summed E-state index contributed by atoms with van der Waals surface area (Å²) in [5, 5.41) is 10.8. The summed E-state index contributed by atoms with van der Waals surface area (Å²) in [5.41, 5.74) is 2.46. The van der Waals surface area contributed by atoms with Gasteiger partial charge in [-0.15, -0.1) is 0 Å². The van der Waals surface area contributed by atoms with Crippen LogP contribution in [0, 0.1) is 0 Å². The molecule has 1 atom stereocenters. The van der Waals surface area contributed by atoms with Gasteiger partial charge in [0.15, 0.2) is 0 Å². The van der Waals surface area contributed by atoms with E-state index < -0.39 is 5.41 Å². The van der Waals surface area contributed by atoms with Crippen molar-refractivity contribution in [2.45, 2.75) is 11.5 Å². The quantitative estimate of drug-likeness (QED) is 0.469. The molecule has 1 amide bonds. The van der Waals surface area contributed by atoms with E-state index in [4.69, 9.17) is 0 Å². The van der Waals surface area contributed by atoms with Gasteiger partial charge in [-0.1, -0.05) is 97.1 Å². The molecule has 1 N–H and O–H groups in total. The molecule has 1 heterocycles. The summed E-state index contributed by atoms with van der Waals surface area (Å²) in [6, 6.07) is 36.3. The number of anilines is 1. The largest absolute Gasteiger partial charge is 0.508 e. The van der Waals surface area contributed by atoms with Gasteiger partial charge in [-0.25, -0.2) is 0 Å². The fourth-order valence-electron chi connectivity index (χ4n) is 4.63. The normalized spacial score (nSPS) is 17.4. The van der Waals surface area contributed by atoms with E-state index in [-0.39, 0.29) is 17.7 Å². The lowest BCUT2D eigenvalue weighted by Gasteiger charge is -2.57. The van der Waals surface area contributed by atoms with Gasteiger partial charge in [0.25, 0.3) is 0 Å². The number of amides is 1. The van der Waals surface area contributed by atoms with E-state index >= 15 is 0 Å². The van der Waals surface area contributed by atoms with Crippen molar-refractivity contribution in [1.82, 2.24) is 0 Å². The van der Waals surface area contributed by atoms with Crippen molar-refractivity contribution in [3.63, 3.8) is 0 Å². The lowest BCUT2D eigenvalue weighted by atomic mass is 9.59. The van der Waals surface area contributed by atoms with Gasteiger partial charge in [0.2, 0.25) is 5.91 Å². The predicted octanol–water partition coefficient (Wildman–Crippen LogP) is 5.47. The molecule has 5 rings (SSSR count). The van der Waals surface area contributed by atoms with Crippen LogP contribution in [-0.4, -0.2) is 11.0 Å². The minimum absolute atomic E-state index is 0.000599. The van der Waals surface area contributed by atoms with Crippen LogP contribution in [-0.2, 0) is 10.2 Å². The van der Waals surface area contributed by atoms with Crippen LogP contribution in [0.2, 0.25) is 0 Å². The second-order valence-electron chi connectivity index (χ2n) is 7.51. The number of carbonyl (C=O) groups excluding carboxylic acids is 1. The molecule has 3 heteroatoms. The monoisotopic (exact) mass is 391 g/mol. The van der Waals surface area contributed by atoms with Gasteiger partial charge >= 0.3 is 0 Å². The third kappa shape index (κ3) is 2.56. The Kier molecular flexibility index (Phi) is 4.36. The summed E-state index contributed by atoms with van der Waals surface area (Å²) < 4.78 is 0. The van der Waals surface area contributed by atoms with Crippen LogP contribution in [0.5, 0.6) is 5.75 Å². The molecular weight excluding hydrogens is 370 g/mol. The third-order valence-corrected chi connectivity index (χ3v) is 5.95. The maximum Gasteiger partial charge on any atom is 0.245 e. The Bertz CT molecular complexity index is 1130. The molecule has 0 spiro atoms. The summed E-state index contributed by atoms with van der Waals surface area (Å²) in [6.45, 7) is 0. The topological polar surface area (TPSA) is 40.5 Å². The average molecular weight is 391 g/mol. The van der Waals surface area contributed by atoms with Crippen LogP contribution in [0.15, 0.2) is 115 Å². The SMILES string of the molecule is O=C1N(c2ccccc2)C(c2ccccc2O)C1(c1ccccc1)c1ccccc1. The maximum atomic E-state index is 14.0. The van der Waals surface area contributed by atoms with Gasteiger partial charge in [-0.2, -0.15) is 0 Å². The maximum absolute atomic E-state index is 14.0. The molecule has 4 aromatic carbocycles. The van der Waals surface area contributed by atoms with Gasteiger partial charge < -0.3 is 10.0 Å². The molecule has 4 aromatic rings. The Labute approximate surface area is 175 Å². The summed E-state index contributed by atoms with van der Waals surface area (Å²) >= 11 is 0. The van der Waals surface area contributed by atoms with Crippen molar-refractivity contribution in [1.29, 1.82) is 0 Å². The number of para-hydroxylation sites is 2. The Hall–Kier alpha value is -3.85. The van der Waals surface area contributed by atoms with E-state index in [1.807, 2.05) is 103 Å². The highest BCUT2D eigenvalue weighted by atomic mass is 16.3. The van der Waals surface area contributed by atoms with E-state index in [0.717, 1.165) is 22.4 Å². The molecule has 30 heavy (non-hydrogen) atoms. The lowest BCUT2D eigenvalue weighted by Crippen LogP contribution is -2.67. The van der Waals surface area contributed by atoms with E-state index in [1.165, 1.54) is 0 Å². The highest BCUT2D eigenvalue weighted by Crippen LogP contribution is 2.58. The van der Waals surface area contributed by atoms with E-state index in [2.05, 4.69) is 0 Å². The highest BCUT2D eigenvalue weighted by molar-refractivity contribution is 6.12. The van der Waals surface area contributed by atoms with Crippen LogP contribution in [0.25, 0.3) is 0 Å². The summed E-state index contributed by atoms with van der Waals surface area (Å²) in [5.74, 6) is 0.187. The van der Waals surface area contributed by atoms with Gasteiger partial charge in [-0.3, -0.25) is 4.79 Å². The summed E-state index contributed by atoms with van der Waals surface area (Å²) in [7, 11) is 0. The highest BCUT2D eigenvalue weighted by Gasteiger charge is 2.64. The van der Waals surface area contributed by atoms with Crippen LogP contribution in [0.3, 0.4) is 0 Å². The second-order valence-corrected chi connectivity index (χ2v) is 7.51. The molecule has 0 aromatic heterocycles. The first-order valence-electron chi connectivity index (χ1n) is 10.0. The van der Waals surface area contributed by atoms with Crippen molar-refractivity contribution in [3.8, 4) is 5.75 Å². The number of nitrogens with zero attached hydrogens (tertiary/aromatic N) is 1. The number of phenols is 1. The van der Waals surface area contributed by atoms with E-state index in [9.17, 15) is 9.90 Å². The first-order valence-corrected chi connectivity index (χ1v) is 10.0. The zero-order chi connectivity index (χ0) is 20.6. The molecule has 1 unspecified atom stereocenters. The number of rotatable bonds is 4. The molecule has 1 aliphatic rings. The molecule has 0 saturated carbocycles. The van der Waals surface area contributed by atoms with E-state index in [1.54, 1.807) is 17.0 Å². The van der Waals surface area contributed by atoms with Crippen molar-refractivity contribution >= 4 is 11.6 Å². The zero-order valence-corrected chi connectivity index (χ0v) is 16.3. The Balaban J connectivity index is 1.81. The van der Waals surface area contributed by atoms with Gasteiger partial charge in [0.1, 0.15) is 11.2 Å². The summed E-state index contributed by atoms with van der Waals surface area (Å²) in [4.78, 5) is 15.8. The number of phenolic OH excluding ortho intramolecular Hbond substituents is 1. The lowest BCUT2D eigenvalue weighted by molar-refractivity contribution is -0.131. The second kappa shape index (κ2) is 7.20. The number of benzene rings is 4. The van der Waals surface area contributed by atoms with Crippen molar-refractivity contribution < 1.29 is 9.90 Å². The van der Waals surface area contributed by atoms with Gasteiger partial charge in [-0.05, 0) is 29.3 Å². The standard InChI is InChI=1S/C27H21NO2/c29-24-19-11-10-18-23(24)25-27(20-12-4-1-5-13-20,21-14-6-2-7-15-21)26(30)28(25)22-16-8-3-9-17-22/h1-19,25,29H. The minimum atomic E-state index is -0.919. The molecule has 0 radical (unpaired) electrons. The van der Waals surface area contributed by atoms with Crippen LogP contribution < -0.4 is 4.90 Å². The number of hydrogen-bond donors (Lipinski definition) is 1. The van der Waals surface area contributed by atoms with Crippen molar-refractivity contribution in [2.75, 3.05) is 4.90 Å². The number of aromatic hydroxyl groups is 1. The molecular formula is C27H21NO2. The van der Waals surface area contributed by atoms with Crippen LogP contribution >= 0.6 is 0 Å². The van der Waals surface area contributed by atoms with Crippen LogP contribution in [0.4, 0.5) is 5.69 Å². The number of carbonyl (C=O) groups is 1. The first-order chi connectivity index (χ1) is 14.7. The predicted molar refractivity (Wildman–Crippen MR) is 118 cm³/mol. The third-order valence-electron chi connectivity index (χ3n) is 5.95. The molecule has 3 nitrogen and oxygen atoms in total. The van der Waals surface area contributed by atoms with E-state index in [0.29, 0.717) is 0 Å². The average Bonchev–Trinajstić information content (AvgIpc) is 2.80. The van der Waals surface area contributed by atoms with Crippen molar-refractivity contribution in [3.05, 3.63) is 132 Å². The van der Waals surface area contributed by atoms with Crippen molar-refractivity contribution in [2.24, 2.45) is 0 Å². The Morgan fingerprint density at radius 1 is 0.633 bits per heavy atom. The minimum Gasteiger partial charge on any atom is -0.508 e. The van der Waals surface area contributed by atoms with Gasteiger partial charge in [0.05, 0.1) is 6.04 Å². The smallest absolute Gasteiger partial charge is 0.245 e. The molecule has 0 bridgehead atoms. The molecule has 146 valence electrons. The molecule has 0 aliphatic carbocycles. The molecule has 1 fully saturated rings. The van der Waals surface area contributed by atoms with Gasteiger partial charge in [0, 0.05) is 11.3 Å². The molecule has 1 saturated heterocycles. The zero-order valence-electron chi connectivity index (χ0n) is 16.3. The fourth-order valence-corrected chi connectivity index (χ4v) is 4.63. The molecule has 1 aliphatic heterocycles. The fraction of sp³-hybridized carbons (Fsp3) is 0.0741. The number of β-lactam (4-membered cyclic amide) rings is 1. The first kappa shape index (κ1) is 18.2.